The van der Waals surface area contributed by atoms with Gasteiger partial charge >= 0.3 is 23.9 Å². The van der Waals surface area contributed by atoms with Crippen LogP contribution < -0.4 is 20.1 Å². The molecule has 0 aromatic heterocycles. The first-order chi connectivity index (χ1) is 45.2. The van der Waals surface area contributed by atoms with Crippen LogP contribution in [0, 0.1) is 35.5 Å². The lowest BCUT2D eigenvalue weighted by atomic mass is 9.83. The second kappa shape index (κ2) is 52.2. The van der Waals surface area contributed by atoms with Crippen molar-refractivity contribution in [3.05, 3.63) is 84.0 Å². The number of aliphatic carboxylic acids is 2. The van der Waals surface area contributed by atoms with Gasteiger partial charge in [-0.1, -0.05) is 164 Å². The minimum absolute atomic E-state index is 0.0643. The van der Waals surface area contributed by atoms with Gasteiger partial charge in [-0.05, 0) is 101 Å². The van der Waals surface area contributed by atoms with Gasteiger partial charge in [0.1, 0.15) is 42.6 Å². The standard InChI is InChI=1S/C37H57NO9.C37H55NO9/c2*1-5-7-9-12-15-18-30(39)19-16-13-10-11-14-17-20-32(37(44,36(42)43)25-27-45-3)34(40)38-33(35(41)46-4)28-29-21-23-31(24-22-29)47-26-8-6-2/h17,20-24,30,32-33,39,44H,5,7,9-16,18-19,25-28H2,1-4H3,(H,38,40)(H,42,43);17,20-24,32-33,44H,5,7,9-16,18-19,25-28H2,1-4H3,(H,38,40)(H,42,43)/b2*20-17+/t30?,32-,33+,37+;32-,33+,37+/m11/s1. The molecular weight excluding hydrogens is 1200 g/mol. The maximum Gasteiger partial charge on any atom is 0.336 e. The Bertz CT molecular complexity index is 2650. The van der Waals surface area contributed by atoms with Gasteiger partial charge in [-0.2, -0.15) is 0 Å². The summed E-state index contributed by atoms with van der Waals surface area (Å²) in [6.45, 7) is 8.07. The van der Waals surface area contributed by atoms with E-state index in [9.17, 15) is 59.1 Å². The summed E-state index contributed by atoms with van der Waals surface area (Å²) in [5, 5.41) is 57.9. The van der Waals surface area contributed by atoms with Crippen molar-refractivity contribution in [2.75, 3.05) is 54.9 Å². The third-order valence-electron chi connectivity index (χ3n) is 16.1. The van der Waals surface area contributed by atoms with Crippen molar-refractivity contribution >= 4 is 41.5 Å². The van der Waals surface area contributed by atoms with Crippen LogP contribution >= 0.6 is 0 Å². The molecule has 0 aliphatic carbocycles. The van der Waals surface area contributed by atoms with Crippen LogP contribution in [0.5, 0.6) is 11.5 Å². The number of amides is 2. The van der Waals surface area contributed by atoms with Crippen LogP contribution in [0.15, 0.2) is 72.8 Å². The molecular formula is C74H112N2O18. The summed E-state index contributed by atoms with van der Waals surface area (Å²) in [4.78, 5) is 89.2. The van der Waals surface area contributed by atoms with Crippen LogP contribution in [0.4, 0.5) is 0 Å². The largest absolute Gasteiger partial charge is 0.481 e. The van der Waals surface area contributed by atoms with Crippen molar-refractivity contribution < 1.29 is 87.5 Å². The maximum absolute atomic E-state index is 13.6. The van der Waals surface area contributed by atoms with Crippen LogP contribution in [-0.4, -0.2) is 151 Å². The number of carboxylic acids is 2. The molecule has 0 aliphatic rings. The van der Waals surface area contributed by atoms with Crippen molar-refractivity contribution in [1.82, 2.24) is 10.6 Å². The number of methoxy groups -OCH3 is 4. The van der Waals surface area contributed by atoms with E-state index in [1.165, 1.54) is 85.5 Å². The number of benzene rings is 2. The Kier molecular flexibility index (Phi) is 47.2. The summed E-state index contributed by atoms with van der Waals surface area (Å²) < 4.78 is 30.9. The Balaban J connectivity index is 0.000000940. The number of esters is 2. The minimum atomic E-state index is -2.48. The predicted molar refractivity (Wildman–Crippen MR) is 363 cm³/mol. The lowest BCUT2D eigenvalue weighted by Gasteiger charge is -2.30. The van der Waals surface area contributed by atoms with Crippen LogP contribution in [0.3, 0.4) is 0 Å². The van der Waals surface area contributed by atoms with Crippen LogP contribution in [0.2, 0.25) is 0 Å². The number of carbonyl (C=O) groups is 7. The number of carboxylic acid groups (broad SMARTS) is 2. The normalized spacial score (nSPS) is 13.9. The number of carbonyl (C=O) groups excluding carboxylic acids is 5. The summed E-state index contributed by atoms with van der Waals surface area (Å²) in [6.07, 6.45) is 27.9. The third kappa shape index (κ3) is 36.0. The molecule has 0 spiro atoms. The van der Waals surface area contributed by atoms with Gasteiger partial charge in [-0.3, -0.25) is 14.4 Å². The molecule has 0 saturated heterocycles. The van der Waals surface area contributed by atoms with Gasteiger partial charge in [0.2, 0.25) is 11.8 Å². The number of hydrogen-bond acceptors (Lipinski definition) is 16. The summed E-state index contributed by atoms with van der Waals surface area (Å²) in [6, 6.07) is 11.6. The van der Waals surface area contributed by atoms with Gasteiger partial charge in [0.25, 0.3) is 0 Å². The molecule has 0 fully saturated rings. The number of ether oxygens (including phenoxy) is 6. The molecule has 0 saturated carbocycles. The van der Waals surface area contributed by atoms with E-state index in [0.29, 0.717) is 54.1 Å². The van der Waals surface area contributed by atoms with E-state index in [1.807, 2.05) is 0 Å². The number of Topliss-reactive ketones (excluding diaryl/α,β-unsaturated/α-hetero) is 1. The highest BCUT2D eigenvalue weighted by molar-refractivity contribution is 5.94. The summed E-state index contributed by atoms with van der Waals surface area (Å²) in [5.74, 6) is 3.38. The van der Waals surface area contributed by atoms with Crippen LogP contribution in [0.25, 0.3) is 0 Å². The van der Waals surface area contributed by atoms with Gasteiger partial charge in [-0.25, -0.2) is 19.2 Å². The minimum Gasteiger partial charge on any atom is -0.481 e. The molecule has 7 N–H and O–H groups in total. The Morgan fingerprint density at radius 3 is 1.19 bits per heavy atom. The zero-order chi connectivity index (χ0) is 69.8. The van der Waals surface area contributed by atoms with Gasteiger partial charge in [0.15, 0.2) is 11.2 Å². The molecule has 20 nitrogen and oxygen atoms in total. The Labute approximate surface area is 560 Å². The molecule has 2 aromatic carbocycles. The smallest absolute Gasteiger partial charge is 0.336 e. The summed E-state index contributed by atoms with van der Waals surface area (Å²) in [5.41, 5.74) is -3.55. The molecule has 2 aromatic rings. The fourth-order valence-electron chi connectivity index (χ4n) is 10.3. The maximum atomic E-state index is 13.6. The summed E-state index contributed by atoms with van der Waals surface area (Å²) in [7, 11) is 5.14. The van der Waals surface area contributed by atoms with Crippen molar-refractivity contribution in [2.45, 2.75) is 237 Å². The molecule has 0 heterocycles. The van der Waals surface area contributed by atoms with E-state index in [1.54, 1.807) is 74.5 Å². The number of unbranched alkanes of at least 4 members (excludes halogenated alkanes) is 16. The molecule has 0 bridgehead atoms. The lowest BCUT2D eigenvalue weighted by Crippen LogP contribution is -2.55. The first kappa shape index (κ1) is 84.9. The third-order valence-corrected chi connectivity index (χ3v) is 16.1. The highest BCUT2D eigenvalue weighted by atomic mass is 16.5. The van der Waals surface area contributed by atoms with E-state index in [4.69, 9.17) is 28.4 Å². The molecule has 0 aliphatic heterocycles. The highest BCUT2D eigenvalue weighted by Gasteiger charge is 2.48. The first-order valence-electron chi connectivity index (χ1n) is 33.7. The average molecular weight is 1320 g/mol. The quantitative estimate of drug-likeness (QED) is 0.0140. The fourth-order valence-corrected chi connectivity index (χ4v) is 10.3. The van der Waals surface area contributed by atoms with Gasteiger partial charge in [0.05, 0.1) is 32.2 Å². The molecule has 1 unspecified atom stereocenters. The first-order valence-corrected chi connectivity index (χ1v) is 33.7. The number of rotatable bonds is 52. The number of nitrogens with one attached hydrogen (secondary N) is 2. The van der Waals surface area contributed by atoms with Gasteiger partial charge < -0.3 is 64.6 Å². The number of aliphatic hydroxyl groups excluding tert-OH is 1. The fraction of sp³-hybridized carbons (Fsp3) is 0.635. The second-order valence-electron chi connectivity index (χ2n) is 23.6. The molecule has 526 valence electrons. The van der Waals surface area contributed by atoms with E-state index in [2.05, 4.69) is 48.2 Å². The van der Waals surface area contributed by atoms with Gasteiger partial charge in [-0.15, -0.1) is 11.8 Å². The average Bonchev–Trinajstić information content (AvgIpc) is 0.910. The topological polar surface area (TPSA) is 300 Å². The zero-order valence-electron chi connectivity index (χ0n) is 57.5. The molecule has 0 radical (unpaired) electrons. The Hall–Kier alpha value is -7.07. The van der Waals surface area contributed by atoms with Crippen molar-refractivity contribution in [3.8, 4) is 35.2 Å². The van der Waals surface area contributed by atoms with E-state index in [0.717, 1.165) is 83.5 Å². The number of aliphatic hydroxyl groups is 3. The van der Waals surface area contributed by atoms with Crippen molar-refractivity contribution in [2.24, 2.45) is 11.8 Å². The molecule has 2 rings (SSSR count). The van der Waals surface area contributed by atoms with Crippen molar-refractivity contribution in [3.63, 3.8) is 0 Å². The monoisotopic (exact) mass is 1320 g/mol. The molecule has 7 atom stereocenters. The Morgan fingerprint density at radius 2 is 0.862 bits per heavy atom. The summed E-state index contributed by atoms with van der Waals surface area (Å²) >= 11 is 0. The Morgan fingerprint density at radius 1 is 0.511 bits per heavy atom. The SMILES string of the molecule is CC#CCOc1ccc(C[C@H](NC(=O)[C@@H](/C=C/CCCCCCC(=O)CCCCCCC)[C@@](O)(CCOC)C(=O)O)C(=O)OC)cc1.CC#CCOc1ccc(C[C@H](NC(=O)[C@@H](/C=C/CCCCCCC(O)CCCCCCC)[C@@](O)(CCOC)C(=O)O)C(=O)OC)cc1. The second-order valence-corrected chi connectivity index (χ2v) is 23.6. The molecule has 2 amide bonds. The molecule has 94 heavy (non-hydrogen) atoms. The van der Waals surface area contributed by atoms with E-state index in [-0.39, 0.29) is 58.2 Å². The van der Waals surface area contributed by atoms with E-state index < -0.39 is 70.8 Å². The lowest BCUT2D eigenvalue weighted by molar-refractivity contribution is -0.169. The number of allylic oxidation sites excluding steroid dienone is 2. The highest BCUT2D eigenvalue weighted by Crippen LogP contribution is 2.28. The predicted octanol–water partition coefficient (Wildman–Crippen LogP) is 11.0. The van der Waals surface area contributed by atoms with Crippen molar-refractivity contribution in [1.29, 1.82) is 0 Å². The number of ketones is 1. The zero-order valence-corrected chi connectivity index (χ0v) is 57.5. The van der Waals surface area contributed by atoms with Crippen LogP contribution in [-0.2, 0) is 65.4 Å². The molecule has 20 heteroatoms. The number of hydrogen-bond donors (Lipinski definition) is 7. The van der Waals surface area contributed by atoms with Gasteiger partial charge in [0, 0.05) is 66.0 Å². The van der Waals surface area contributed by atoms with E-state index >= 15 is 0 Å². The van der Waals surface area contributed by atoms with Crippen LogP contribution in [0.1, 0.15) is 206 Å².